The Morgan fingerprint density at radius 1 is 1.07 bits per heavy atom. The summed E-state index contributed by atoms with van der Waals surface area (Å²) in [5.74, 6) is 0.108. The van der Waals surface area contributed by atoms with Gasteiger partial charge in [0.2, 0.25) is 5.43 Å². The van der Waals surface area contributed by atoms with E-state index >= 15 is 0 Å². The number of aromatic amines is 1. The molecule has 3 heterocycles. The molecule has 4 rings (SSSR count). The van der Waals surface area contributed by atoms with Crippen LogP contribution in [0.1, 0.15) is 10.4 Å². The van der Waals surface area contributed by atoms with Gasteiger partial charge >= 0.3 is 11.7 Å². The molecule has 132 valence electrons. The smallest absolute Gasteiger partial charge is 0.345 e. The predicted octanol–water partition coefficient (Wildman–Crippen LogP) is 2.16. The molecule has 0 radical (unpaired) electrons. The first-order valence-electron chi connectivity index (χ1n) is 7.86. The van der Waals surface area contributed by atoms with Crippen LogP contribution in [0.4, 0.5) is 0 Å². The minimum Gasteiger partial charge on any atom is -0.453 e. The van der Waals surface area contributed by atoms with E-state index in [0.29, 0.717) is 22.6 Å². The summed E-state index contributed by atoms with van der Waals surface area (Å²) < 4.78 is 10.9. The monoisotopic (exact) mass is 361 g/mol. The maximum atomic E-state index is 12.2. The number of ether oxygens (including phenoxy) is 1. The number of fused-ring (bicyclic) bond motifs is 1. The van der Waals surface area contributed by atoms with Crippen molar-refractivity contribution in [2.24, 2.45) is 0 Å². The molecule has 1 N–H and O–H groups in total. The highest BCUT2D eigenvalue weighted by atomic mass is 16.5. The highest BCUT2D eigenvalue weighted by Crippen LogP contribution is 2.23. The molecule has 8 nitrogen and oxygen atoms in total. The van der Waals surface area contributed by atoms with Crippen LogP contribution in [0.5, 0.6) is 5.75 Å². The third kappa shape index (κ3) is 3.36. The van der Waals surface area contributed by atoms with Crippen LogP contribution in [0.15, 0.2) is 75.1 Å². The second-order valence-corrected chi connectivity index (χ2v) is 5.56. The Labute approximate surface area is 151 Å². The molecule has 0 aliphatic carbocycles. The average molecular weight is 361 g/mol. The van der Waals surface area contributed by atoms with Crippen LogP contribution in [-0.2, 0) is 0 Å². The zero-order valence-corrected chi connectivity index (χ0v) is 13.7. The predicted molar refractivity (Wildman–Crippen MR) is 95.5 cm³/mol. The van der Waals surface area contributed by atoms with Crippen LogP contribution in [0.3, 0.4) is 0 Å². The number of nitrogens with one attached hydrogen (secondary N) is 1. The van der Waals surface area contributed by atoms with Crippen molar-refractivity contribution in [1.29, 1.82) is 0 Å². The Morgan fingerprint density at radius 2 is 1.89 bits per heavy atom. The van der Waals surface area contributed by atoms with Gasteiger partial charge in [0.05, 0.1) is 11.8 Å². The van der Waals surface area contributed by atoms with E-state index in [1.807, 2.05) is 0 Å². The molecule has 1 aromatic carbocycles. The first-order valence-corrected chi connectivity index (χ1v) is 7.86. The van der Waals surface area contributed by atoms with Crippen molar-refractivity contribution in [1.82, 2.24) is 15.0 Å². The van der Waals surface area contributed by atoms with Crippen LogP contribution in [0.2, 0.25) is 0 Å². The van der Waals surface area contributed by atoms with E-state index in [2.05, 4.69) is 15.0 Å². The Hall–Kier alpha value is -4.07. The number of carbonyl (C=O) groups is 1. The summed E-state index contributed by atoms with van der Waals surface area (Å²) in [6.07, 6.45) is 4.18. The van der Waals surface area contributed by atoms with Gasteiger partial charge in [0.15, 0.2) is 5.58 Å². The van der Waals surface area contributed by atoms with Crippen molar-refractivity contribution in [3.63, 3.8) is 0 Å². The summed E-state index contributed by atoms with van der Waals surface area (Å²) in [7, 11) is 0. The van der Waals surface area contributed by atoms with E-state index in [-0.39, 0.29) is 11.1 Å². The number of hydrogen-bond acceptors (Lipinski definition) is 7. The second-order valence-electron chi connectivity index (χ2n) is 5.56. The third-order valence-corrected chi connectivity index (χ3v) is 3.75. The molecule has 27 heavy (non-hydrogen) atoms. The largest absolute Gasteiger partial charge is 0.453 e. The highest BCUT2D eigenvalue weighted by molar-refractivity contribution is 5.90. The van der Waals surface area contributed by atoms with E-state index in [4.69, 9.17) is 9.15 Å². The fourth-order valence-electron chi connectivity index (χ4n) is 2.46. The molecule has 0 aliphatic rings. The van der Waals surface area contributed by atoms with Gasteiger partial charge in [-0.25, -0.2) is 9.59 Å². The SMILES string of the molecule is O=C(Oc1ccc(-c2cc(=O)c3[nH]c(=O)ncc3o2)cc1)c1cccnc1. The number of pyridine rings is 1. The zero-order valence-electron chi connectivity index (χ0n) is 13.7. The summed E-state index contributed by atoms with van der Waals surface area (Å²) in [6, 6.07) is 11.0. The summed E-state index contributed by atoms with van der Waals surface area (Å²) in [6.45, 7) is 0. The van der Waals surface area contributed by atoms with Crippen molar-refractivity contribution < 1.29 is 13.9 Å². The van der Waals surface area contributed by atoms with E-state index in [9.17, 15) is 14.4 Å². The summed E-state index contributed by atoms with van der Waals surface area (Å²) in [4.78, 5) is 45.2. The molecule has 0 saturated heterocycles. The van der Waals surface area contributed by atoms with Crippen LogP contribution in [0, 0.1) is 0 Å². The van der Waals surface area contributed by atoms with Crippen molar-refractivity contribution >= 4 is 17.1 Å². The number of hydrogen-bond donors (Lipinski definition) is 1. The van der Waals surface area contributed by atoms with Crippen LogP contribution in [-0.4, -0.2) is 20.9 Å². The Kier molecular flexibility index (Phi) is 4.06. The minimum atomic E-state index is -0.623. The standard InChI is InChI=1S/C19H11N3O5/c23-14-8-15(27-16-10-21-19(25)22-17(14)16)11-3-5-13(6-4-11)26-18(24)12-2-1-7-20-9-12/h1-10H,(H,21,22,25). The van der Waals surface area contributed by atoms with Gasteiger partial charge in [-0.05, 0) is 36.4 Å². The molecule has 3 aromatic heterocycles. The zero-order chi connectivity index (χ0) is 18.8. The minimum absolute atomic E-state index is 0.0563. The Balaban J connectivity index is 1.62. The number of rotatable bonds is 3. The Morgan fingerprint density at radius 3 is 2.63 bits per heavy atom. The maximum absolute atomic E-state index is 12.2. The van der Waals surface area contributed by atoms with E-state index < -0.39 is 17.1 Å². The van der Waals surface area contributed by atoms with Gasteiger partial charge in [0.25, 0.3) is 0 Å². The van der Waals surface area contributed by atoms with Gasteiger partial charge in [0.1, 0.15) is 17.0 Å². The van der Waals surface area contributed by atoms with Gasteiger partial charge < -0.3 is 9.15 Å². The third-order valence-electron chi connectivity index (χ3n) is 3.75. The van der Waals surface area contributed by atoms with Gasteiger partial charge in [-0.3, -0.25) is 14.8 Å². The van der Waals surface area contributed by atoms with Crippen LogP contribution in [0.25, 0.3) is 22.4 Å². The van der Waals surface area contributed by atoms with Crippen molar-refractivity contribution in [3.05, 3.63) is 87.3 Å². The lowest BCUT2D eigenvalue weighted by molar-refractivity contribution is 0.0734. The lowest BCUT2D eigenvalue weighted by Gasteiger charge is -2.06. The van der Waals surface area contributed by atoms with Gasteiger partial charge in [-0.2, -0.15) is 4.98 Å². The molecule has 0 bridgehead atoms. The lowest BCUT2D eigenvalue weighted by Crippen LogP contribution is -2.14. The van der Waals surface area contributed by atoms with Crippen molar-refractivity contribution in [2.75, 3.05) is 0 Å². The molecule has 0 fully saturated rings. The summed E-state index contributed by atoms with van der Waals surface area (Å²) in [5, 5.41) is 0. The molecule has 0 atom stereocenters. The molecule has 4 aromatic rings. The van der Waals surface area contributed by atoms with Gasteiger partial charge in [0, 0.05) is 24.0 Å². The quantitative estimate of drug-likeness (QED) is 0.439. The number of nitrogens with zero attached hydrogens (tertiary/aromatic N) is 2. The fraction of sp³-hybridized carbons (Fsp3) is 0. The number of aromatic nitrogens is 3. The molecule has 8 heteroatoms. The van der Waals surface area contributed by atoms with Crippen molar-refractivity contribution in [2.45, 2.75) is 0 Å². The van der Waals surface area contributed by atoms with Crippen LogP contribution >= 0.6 is 0 Å². The number of benzene rings is 1. The molecule has 0 unspecified atom stereocenters. The topological polar surface area (TPSA) is 115 Å². The first kappa shape index (κ1) is 16.4. The molecule has 0 spiro atoms. The summed E-state index contributed by atoms with van der Waals surface area (Å²) in [5.41, 5.74) is 0.148. The van der Waals surface area contributed by atoms with Crippen LogP contribution < -0.4 is 15.9 Å². The molecular weight excluding hydrogens is 350 g/mol. The lowest BCUT2D eigenvalue weighted by atomic mass is 10.1. The van der Waals surface area contributed by atoms with E-state index in [1.54, 1.807) is 42.6 Å². The number of esters is 1. The average Bonchev–Trinajstić information content (AvgIpc) is 2.69. The Bertz CT molecular complexity index is 1240. The van der Waals surface area contributed by atoms with Crippen molar-refractivity contribution in [3.8, 4) is 17.1 Å². The molecule has 0 aliphatic heterocycles. The number of carbonyl (C=O) groups excluding carboxylic acids is 1. The van der Waals surface area contributed by atoms with E-state index in [1.165, 1.54) is 18.5 Å². The van der Waals surface area contributed by atoms with Gasteiger partial charge in [-0.15, -0.1) is 0 Å². The second kappa shape index (κ2) is 6.68. The first-order chi connectivity index (χ1) is 13.1. The summed E-state index contributed by atoms with van der Waals surface area (Å²) >= 11 is 0. The molecule has 0 saturated carbocycles. The number of H-pyrrole nitrogens is 1. The van der Waals surface area contributed by atoms with Gasteiger partial charge in [-0.1, -0.05) is 0 Å². The normalized spacial score (nSPS) is 10.7. The highest BCUT2D eigenvalue weighted by Gasteiger charge is 2.11. The molecule has 0 amide bonds. The molecular formula is C19H11N3O5. The maximum Gasteiger partial charge on any atom is 0.345 e. The fourth-order valence-corrected chi connectivity index (χ4v) is 2.46. The van der Waals surface area contributed by atoms with E-state index in [0.717, 1.165) is 0 Å².